The van der Waals surface area contributed by atoms with Crippen molar-refractivity contribution in [1.82, 2.24) is 10.6 Å². The van der Waals surface area contributed by atoms with Crippen molar-refractivity contribution in [3.8, 4) is 0 Å². The molecule has 0 aliphatic heterocycles. The molecule has 8 heteroatoms. The Morgan fingerprint density at radius 3 is 1.79 bits per heavy atom. The Bertz CT molecular complexity index is 597. The lowest BCUT2D eigenvalue weighted by Gasteiger charge is -2.26. The maximum atomic E-state index is 12.2. The van der Waals surface area contributed by atoms with Crippen LogP contribution >= 0.6 is 0 Å². The number of esters is 1. The van der Waals surface area contributed by atoms with Gasteiger partial charge in [-0.15, -0.1) is 0 Å². The lowest BCUT2D eigenvalue weighted by molar-refractivity contribution is -0.136. The van der Waals surface area contributed by atoms with E-state index < -0.39 is 40.8 Å². The number of rotatable bonds is 6. The van der Waals surface area contributed by atoms with Gasteiger partial charge in [0.15, 0.2) is 0 Å². The molecule has 0 aliphatic rings. The molecule has 0 aromatic rings. The van der Waals surface area contributed by atoms with Crippen molar-refractivity contribution in [1.29, 1.82) is 0 Å². The van der Waals surface area contributed by atoms with Gasteiger partial charge < -0.3 is 24.8 Å². The molecular weight excluding hydrogens is 364 g/mol. The summed E-state index contributed by atoms with van der Waals surface area (Å²) in [5.74, 6) is -0.575. The van der Waals surface area contributed by atoms with E-state index in [0.717, 1.165) is 0 Å². The van der Waals surface area contributed by atoms with Gasteiger partial charge in [-0.1, -0.05) is 19.9 Å². The smallest absolute Gasteiger partial charge is 0.408 e. The van der Waals surface area contributed by atoms with Gasteiger partial charge in [-0.25, -0.2) is 14.4 Å². The molecule has 0 fully saturated rings. The monoisotopic (exact) mass is 400 g/mol. The lowest BCUT2D eigenvalue weighted by Crippen LogP contribution is -2.41. The number of carbonyl (C=O) groups excluding carboxylic acids is 3. The highest BCUT2D eigenvalue weighted by molar-refractivity contribution is 5.90. The van der Waals surface area contributed by atoms with Crippen molar-refractivity contribution in [2.24, 2.45) is 5.41 Å². The largest absolute Gasteiger partial charge is 0.466 e. The number of hydrogen-bond acceptors (Lipinski definition) is 6. The third-order valence-corrected chi connectivity index (χ3v) is 3.25. The second-order valence-electron chi connectivity index (χ2n) is 9.30. The molecule has 2 amide bonds. The highest BCUT2D eigenvalue weighted by Crippen LogP contribution is 2.21. The van der Waals surface area contributed by atoms with E-state index in [1.54, 1.807) is 54.5 Å². The summed E-state index contributed by atoms with van der Waals surface area (Å²) in [6, 6.07) is -0.650. The summed E-state index contributed by atoms with van der Waals surface area (Å²) in [6.07, 6.45) is 0.478. The van der Waals surface area contributed by atoms with E-state index in [2.05, 4.69) is 10.6 Å². The Morgan fingerprint density at radius 1 is 0.893 bits per heavy atom. The summed E-state index contributed by atoms with van der Waals surface area (Å²) >= 11 is 0. The Labute approximate surface area is 168 Å². The van der Waals surface area contributed by atoms with Crippen LogP contribution in [0.5, 0.6) is 0 Å². The Morgan fingerprint density at radius 2 is 1.36 bits per heavy atom. The molecule has 2 N–H and O–H groups in total. The second-order valence-corrected chi connectivity index (χ2v) is 9.30. The number of methoxy groups -OCH3 is 1. The van der Waals surface area contributed by atoms with Crippen LogP contribution in [-0.2, 0) is 19.0 Å². The van der Waals surface area contributed by atoms with Crippen LogP contribution in [0, 0.1) is 5.41 Å². The van der Waals surface area contributed by atoms with Crippen LogP contribution in [0.15, 0.2) is 11.6 Å². The minimum absolute atomic E-state index is 0.224. The molecule has 0 aliphatic carbocycles. The minimum atomic E-state index is -0.657. The van der Waals surface area contributed by atoms with Crippen molar-refractivity contribution in [2.75, 3.05) is 13.7 Å². The highest BCUT2D eigenvalue weighted by atomic mass is 16.6. The molecular formula is C20H36N2O6. The number of carbonyl (C=O) groups is 3. The Balaban J connectivity index is 5.25. The minimum Gasteiger partial charge on any atom is -0.466 e. The quantitative estimate of drug-likeness (QED) is 0.401. The summed E-state index contributed by atoms with van der Waals surface area (Å²) in [5.41, 5.74) is -1.61. The van der Waals surface area contributed by atoms with Gasteiger partial charge in [0.25, 0.3) is 0 Å². The Kier molecular flexibility index (Phi) is 9.01. The first-order valence-electron chi connectivity index (χ1n) is 9.23. The lowest BCUT2D eigenvalue weighted by atomic mass is 9.89. The summed E-state index contributed by atoms with van der Waals surface area (Å²) in [4.78, 5) is 36.1. The molecule has 0 saturated carbocycles. The molecule has 0 aromatic heterocycles. The van der Waals surface area contributed by atoms with Gasteiger partial charge in [0.05, 0.1) is 18.7 Å². The van der Waals surface area contributed by atoms with E-state index in [1.807, 2.05) is 13.8 Å². The molecule has 0 bridgehead atoms. The van der Waals surface area contributed by atoms with Gasteiger partial charge >= 0.3 is 18.2 Å². The van der Waals surface area contributed by atoms with Crippen LogP contribution in [0.3, 0.4) is 0 Å². The normalized spacial score (nSPS) is 14.0. The fraction of sp³-hybridized carbons (Fsp3) is 0.750. The molecule has 0 saturated heterocycles. The first kappa shape index (κ1) is 25.8. The van der Waals surface area contributed by atoms with Gasteiger partial charge in [-0.05, 0) is 48.5 Å². The average molecular weight is 401 g/mol. The molecule has 28 heavy (non-hydrogen) atoms. The fourth-order valence-corrected chi connectivity index (χ4v) is 2.13. The van der Waals surface area contributed by atoms with Crippen molar-refractivity contribution >= 4 is 18.2 Å². The maximum Gasteiger partial charge on any atom is 0.408 e. The van der Waals surface area contributed by atoms with Gasteiger partial charge in [0.1, 0.15) is 11.2 Å². The number of nitrogens with one attached hydrogen (secondary N) is 2. The fourth-order valence-electron chi connectivity index (χ4n) is 2.13. The predicted molar refractivity (Wildman–Crippen MR) is 107 cm³/mol. The highest BCUT2D eigenvalue weighted by Gasteiger charge is 2.27. The van der Waals surface area contributed by atoms with E-state index in [1.165, 1.54) is 7.11 Å². The van der Waals surface area contributed by atoms with Gasteiger partial charge in [-0.3, -0.25) is 0 Å². The van der Waals surface area contributed by atoms with E-state index >= 15 is 0 Å². The van der Waals surface area contributed by atoms with E-state index in [9.17, 15) is 14.4 Å². The Hall–Kier alpha value is -2.25. The second kappa shape index (κ2) is 9.80. The van der Waals surface area contributed by atoms with Crippen LogP contribution in [0.4, 0.5) is 9.59 Å². The summed E-state index contributed by atoms with van der Waals surface area (Å²) in [5, 5.41) is 5.31. The number of hydrogen-bond donors (Lipinski definition) is 2. The zero-order chi connectivity index (χ0) is 22.3. The molecule has 0 radical (unpaired) electrons. The zero-order valence-electron chi connectivity index (χ0n) is 18.8. The summed E-state index contributed by atoms with van der Waals surface area (Å²) in [6.45, 7) is 16.1. The molecule has 0 heterocycles. The van der Waals surface area contributed by atoms with Crippen LogP contribution in [0.2, 0.25) is 0 Å². The number of ether oxygens (including phenoxy) is 3. The van der Waals surface area contributed by atoms with E-state index in [-0.39, 0.29) is 12.1 Å². The van der Waals surface area contributed by atoms with E-state index in [0.29, 0.717) is 0 Å². The SMILES string of the molecule is COC(=O)/C(=C\C(C)(C)CNC(=O)OC(C)(C)C)[C@@H](C)NC(=O)OC(C)(C)C. The van der Waals surface area contributed by atoms with Crippen molar-refractivity contribution in [3.63, 3.8) is 0 Å². The number of alkyl carbamates (subject to hydrolysis) is 2. The molecule has 0 aromatic carbocycles. The van der Waals surface area contributed by atoms with Crippen LogP contribution < -0.4 is 10.6 Å². The molecule has 1 atom stereocenters. The first-order chi connectivity index (χ1) is 12.5. The summed E-state index contributed by atoms with van der Waals surface area (Å²) in [7, 11) is 1.27. The van der Waals surface area contributed by atoms with Crippen LogP contribution in [0.25, 0.3) is 0 Å². The standard InChI is InChI=1S/C20H36N2O6/c1-13(22-17(25)28-19(5,6)7)14(15(23)26-10)11-20(8,9)12-21-16(24)27-18(2,3)4/h11,13H,12H2,1-10H3,(H,21,24)(H,22,25)/b14-11-/t13-/m1/s1. The van der Waals surface area contributed by atoms with Crippen LogP contribution in [0.1, 0.15) is 62.3 Å². The summed E-state index contributed by atoms with van der Waals surface area (Å²) < 4.78 is 15.3. The van der Waals surface area contributed by atoms with Gasteiger partial charge in [0.2, 0.25) is 0 Å². The maximum absolute atomic E-state index is 12.2. The van der Waals surface area contributed by atoms with Crippen molar-refractivity contribution in [2.45, 2.75) is 79.6 Å². The molecule has 0 rings (SSSR count). The first-order valence-corrected chi connectivity index (χ1v) is 9.23. The van der Waals surface area contributed by atoms with E-state index in [4.69, 9.17) is 14.2 Å². The van der Waals surface area contributed by atoms with Crippen LogP contribution in [-0.4, -0.2) is 49.1 Å². The molecule has 8 nitrogen and oxygen atoms in total. The molecule has 0 unspecified atom stereocenters. The van der Waals surface area contributed by atoms with Crippen molar-refractivity contribution < 1.29 is 28.6 Å². The topological polar surface area (TPSA) is 103 Å². The van der Waals surface area contributed by atoms with Gasteiger partial charge in [0, 0.05) is 12.0 Å². The third kappa shape index (κ3) is 11.5. The molecule has 0 spiro atoms. The predicted octanol–water partition coefficient (Wildman–Crippen LogP) is 3.55. The molecule has 162 valence electrons. The van der Waals surface area contributed by atoms with Gasteiger partial charge in [-0.2, -0.15) is 0 Å². The van der Waals surface area contributed by atoms with Crippen molar-refractivity contribution in [3.05, 3.63) is 11.6 Å². The number of amides is 2. The average Bonchev–Trinajstić information content (AvgIpc) is 2.46. The third-order valence-electron chi connectivity index (χ3n) is 3.25. The zero-order valence-corrected chi connectivity index (χ0v) is 18.8.